The van der Waals surface area contributed by atoms with Gasteiger partial charge in [0.25, 0.3) is 6.71 Å². The molecule has 8 heteroatoms. The molecule has 5 aromatic heterocycles. The Morgan fingerprint density at radius 1 is 0.294 bits per heavy atom. The summed E-state index contributed by atoms with van der Waals surface area (Å²) < 4.78 is 10.2. The molecule has 0 N–H and O–H groups in total. The van der Waals surface area contributed by atoms with Crippen LogP contribution in [-0.4, -0.2) is 39.9 Å². The maximum atomic E-state index is 5.49. The van der Waals surface area contributed by atoms with Gasteiger partial charge >= 0.3 is 0 Å². The Morgan fingerprint density at radius 3 is 1.04 bits per heavy atom. The Balaban J connectivity index is 1.04. The number of aromatic nitrogens is 7. The first-order chi connectivity index (χ1) is 41.4. The highest BCUT2D eigenvalue weighted by Gasteiger charge is 2.43. The molecule has 7 heterocycles. The minimum Gasteiger partial charge on any atom is -0.310 e. The van der Waals surface area contributed by atoms with E-state index in [0.717, 1.165) is 39.4 Å². The molecular formula is C77H56BN7. The van der Waals surface area contributed by atoms with Crippen molar-refractivity contribution < 1.29 is 0 Å². The number of benzene rings is 11. The van der Waals surface area contributed by atoms with Gasteiger partial charge in [0.15, 0.2) is 17.5 Å². The van der Waals surface area contributed by atoms with Crippen molar-refractivity contribution in [3.63, 3.8) is 0 Å². The monoisotopic (exact) mass is 1090 g/mol. The van der Waals surface area contributed by atoms with E-state index in [1.807, 2.05) is 12.1 Å². The van der Waals surface area contributed by atoms with Crippen LogP contribution in [0.2, 0.25) is 0 Å². The molecular weight excluding hydrogens is 1030 g/mol. The molecule has 0 saturated heterocycles. The van der Waals surface area contributed by atoms with Crippen molar-refractivity contribution in [2.75, 3.05) is 0 Å². The van der Waals surface area contributed by atoms with E-state index in [0.29, 0.717) is 17.5 Å². The highest BCUT2D eigenvalue weighted by atomic mass is 15.1. The van der Waals surface area contributed by atoms with E-state index in [1.54, 1.807) is 0 Å². The SMILES string of the molecule is CC(C)(C)c1cc2c3c(c1)c1cc4c(cc1n3-c1cc(-c3nc(-c5ccccc5)nc(-c5ccccc5)n3)cc3c1B2c1cc(C(C)(C)C)cc2c5cc6c(cc5n-3c12)c1ccccc1n6-c1ccccc1)c1ccccc1n4-c1ccccc1. The first-order valence-corrected chi connectivity index (χ1v) is 29.7. The van der Waals surface area contributed by atoms with Gasteiger partial charge in [-0.3, -0.25) is 0 Å². The van der Waals surface area contributed by atoms with E-state index in [4.69, 9.17) is 15.0 Å². The van der Waals surface area contributed by atoms with Crippen LogP contribution in [0.4, 0.5) is 0 Å². The van der Waals surface area contributed by atoms with Crippen molar-refractivity contribution in [1.82, 2.24) is 33.2 Å². The van der Waals surface area contributed by atoms with Gasteiger partial charge in [-0.05, 0) is 123 Å². The smallest absolute Gasteiger partial charge is 0.252 e. The standard InChI is InChI=1S/C77H56BN7/c1-76(2,3)48-37-58-56-43-64-54(52-31-19-21-33-62(52)82(64)50-27-15-9-16-28-50)41-66(56)84-68-35-47(75-80-73(45-23-11-7-12-24-45)79-74(81-75)46-25-13-8-14-26-46)36-69-70(68)78(60(39-48)71(58)84)61-40-49(77(4,5)6)38-59-57-44-65-55(42-67(57)85(69)72(59)61)53-32-20-22-34-63(53)83(65)51-29-17-10-18-30-51/h7-44H,1-6H3. The van der Waals surface area contributed by atoms with Crippen molar-refractivity contribution in [2.24, 2.45) is 0 Å². The predicted octanol–water partition coefficient (Wildman–Crippen LogP) is 17.0. The summed E-state index contributed by atoms with van der Waals surface area (Å²) in [4.78, 5) is 16.2. The summed E-state index contributed by atoms with van der Waals surface area (Å²) in [6.45, 7) is 14.1. The molecule has 0 spiro atoms. The highest BCUT2D eigenvalue weighted by molar-refractivity contribution is 7.00. The quantitative estimate of drug-likeness (QED) is 0.161. The zero-order valence-corrected chi connectivity index (χ0v) is 48.1. The van der Waals surface area contributed by atoms with E-state index in [2.05, 4.69) is 278 Å². The fourth-order valence-electron chi connectivity index (χ4n) is 14.6. The van der Waals surface area contributed by atoms with Crippen LogP contribution in [0.1, 0.15) is 52.7 Å². The van der Waals surface area contributed by atoms with Crippen LogP contribution in [-0.2, 0) is 10.8 Å². The second kappa shape index (κ2) is 17.1. The molecule has 85 heavy (non-hydrogen) atoms. The minimum absolute atomic E-state index is 0.123. The van der Waals surface area contributed by atoms with Gasteiger partial charge in [-0.2, -0.15) is 0 Å². The topological polar surface area (TPSA) is 58.4 Å². The Morgan fingerprint density at radius 2 is 0.635 bits per heavy atom. The van der Waals surface area contributed by atoms with Crippen LogP contribution in [0.25, 0.3) is 144 Å². The number of rotatable bonds is 5. The van der Waals surface area contributed by atoms with Crippen LogP contribution in [0, 0.1) is 0 Å². The van der Waals surface area contributed by atoms with Crippen molar-refractivity contribution in [3.05, 3.63) is 242 Å². The number of fused-ring (bicyclic) bond motifs is 16. The van der Waals surface area contributed by atoms with Crippen LogP contribution in [0.3, 0.4) is 0 Å². The number of hydrogen-bond acceptors (Lipinski definition) is 3. The summed E-state index contributed by atoms with van der Waals surface area (Å²) >= 11 is 0. The molecule has 2 aliphatic heterocycles. The third-order valence-electron chi connectivity index (χ3n) is 18.6. The lowest BCUT2D eigenvalue weighted by Crippen LogP contribution is -2.59. The van der Waals surface area contributed by atoms with Crippen LogP contribution >= 0.6 is 0 Å². The lowest BCUT2D eigenvalue weighted by atomic mass is 9.34. The van der Waals surface area contributed by atoms with Crippen molar-refractivity contribution in [2.45, 2.75) is 52.4 Å². The Hall–Kier alpha value is -10.3. The van der Waals surface area contributed by atoms with E-state index in [-0.39, 0.29) is 17.5 Å². The number of para-hydroxylation sites is 4. The molecule has 16 aromatic rings. The normalized spacial score (nSPS) is 13.0. The molecule has 0 saturated carbocycles. The zero-order valence-electron chi connectivity index (χ0n) is 48.1. The average molecular weight is 1090 g/mol. The first kappa shape index (κ1) is 48.2. The van der Waals surface area contributed by atoms with Crippen molar-refractivity contribution in [3.8, 4) is 56.9 Å². The number of hydrogen-bond donors (Lipinski definition) is 0. The van der Waals surface area contributed by atoms with E-state index >= 15 is 0 Å². The van der Waals surface area contributed by atoms with Gasteiger partial charge in [-0.25, -0.2) is 15.0 Å². The molecule has 0 fully saturated rings. The third-order valence-corrected chi connectivity index (χ3v) is 18.6. The first-order valence-electron chi connectivity index (χ1n) is 29.7. The van der Waals surface area contributed by atoms with Gasteiger partial charge in [0.2, 0.25) is 0 Å². The van der Waals surface area contributed by atoms with E-state index in [9.17, 15) is 0 Å². The zero-order chi connectivity index (χ0) is 56.8. The minimum atomic E-state index is -0.158. The largest absolute Gasteiger partial charge is 0.310 e. The molecule has 7 nitrogen and oxygen atoms in total. The van der Waals surface area contributed by atoms with Crippen molar-refractivity contribution in [1.29, 1.82) is 0 Å². The molecule has 402 valence electrons. The maximum absolute atomic E-state index is 5.49. The molecule has 0 bridgehead atoms. The summed E-state index contributed by atoms with van der Waals surface area (Å²) in [5.41, 5.74) is 23.1. The summed E-state index contributed by atoms with van der Waals surface area (Å²) in [6.07, 6.45) is 0. The number of nitrogens with zero attached hydrogens (tertiary/aromatic N) is 7. The molecule has 0 amide bonds. The van der Waals surface area contributed by atoms with Crippen LogP contribution in [0.15, 0.2) is 231 Å². The van der Waals surface area contributed by atoms with Crippen LogP contribution in [0.5, 0.6) is 0 Å². The second-order valence-electron chi connectivity index (χ2n) is 25.6. The lowest BCUT2D eigenvalue weighted by Gasteiger charge is -2.35. The van der Waals surface area contributed by atoms with Gasteiger partial charge in [-0.1, -0.05) is 187 Å². The Kier molecular flexibility index (Phi) is 9.73. The van der Waals surface area contributed by atoms with Crippen molar-refractivity contribution >= 4 is 110 Å². The lowest BCUT2D eigenvalue weighted by molar-refractivity contribution is 0.591. The van der Waals surface area contributed by atoms with Gasteiger partial charge in [0.05, 0.1) is 33.1 Å². The molecule has 0 unspecified atom stereocenters. The molecule has 11 aromatic carbocycles. The Labute approximate surface area is 491 Å². The van der Waals surface area contributed by atoms with Gasteiger partial charge in [-0.15, -0.1) is 0 Å². The Bertz CT molecular complexity index is 5200. The summed E-state index contributed by atoms with van der Waals surface area (Å²) in [7, 11) is 0. The second-order valence-corrected chi connectivity index (χ2v) is 25.6. The van der Waals surface area contributed by atoms with E-state index in [1.165, 1.54) is 115 Å². The molecule has 0 radical (unpaired) electrons. The van der Waals surface area contributed by atoms with Gasteiger partial charge in [0, 0.05) is 93.6 Å². The summed E-state index contributed by atoms with van der Waals surface area (Å²) in [5.74, 6) is 1.88. The molecule has 0 aliphatic carbocycles. The molecule has 18 rings (SSSR count). The van der Waals surface area contributed by atoms with Gasteiger partial charge < -0.3 is 18.3 Å². The van der Waals surface area contributed by atoms with E-state index < -0.39 is 0 Å². The maximum Gasteiger partial charge on any atom is 0.252 e. The summed E-state index contributed by atoms with van der Waals surface area (Å²) in [5, 5.41) is 9.82. The average Bonchev–Trinajstić information content (AvgIpc) is 1.70. The highest BCUT2D eigenvalue weighted by Crippen LogP contribution is 2.47. The molecule has 0 atom stereocenters. The predicted molar refractivity (Wildman–Crippen MR) is 356 cm³/mol. The van der Waals surface area contributed by atoms with Gasteiger partial charge in [0.1, 0.15) is 0 Å². The van der Waals surface area contributed by atoms with Crippen LogP contribution < -0.4 is 16.4 Å². The molecule has 2 aliphatic rings. The fraction of sp³-hybridized carbons (Fsp3) is 0.104. The fourth-order valence-corrected chi connectivity index (χ4v) is 14.6. The third kappa shape index (κ3) is 6.82. The summed E-state index contributed by atoms with van der Waals surface area (Å²) in [6, 6.07) is 85.2.